The van der Waals surface area contributed by atoms with Crippen molar-refractivity contribution in [3.05, 3.63) is 67.3 Å². The minimum atomic E-state index is -0.190. The highest BCUT2D eigenvalue weighted by Gasteiger charge is 2.25. The van der Waals surface area contributed by atoms with Crippen LogP contribution in [0.15, 0.2) is 67.3 Å². The van der Waals surface area contributed by atoms with Crippen molar-refractivity contribution in [1.82, 2.24) is 34.3 Å². The molecular formula is C25H26N8. The number of fused-ring (bicyclic) bond motifs is 1. The summed E-state index contributed by atoms with van der Waals surface area (Å²) in [6.45, 7) is 9.39. The molecule has 5 aromatic rings. The molecule has 0 saturated carbocycles. The fourth-order valence-electron chi connectivity index (χ4n) is 3.95. The Morgan fingerprint density at radius 3 is 2.36 bits per heavy atom. The summed E-state index contributed by atoms with van der Waals surface area (Å²) in [6.07, 6.45) is 5.19. The van der Waals surface area contributed by atoms with Crippen LogP contribution in [-0.4, -0.2) is 34.3 Å². The van der Waals surface area contributed by atoms with E-state index in [1.54, 1.807) is 24.8 Å². The van der Waals surface area contributed by atoms with E-state index in [0.29, 0.717) is 11.8 Å². The lowest BCUT2D eigenvalue weighted by atomic mass is 10.0. The molecule has 33 heavy (non-hydrogen) atoms. The summed E-state index contributed by atoms with van der Waals surface area (Å²) in [6, 6.07) is 16.1. The zero-order valence-corrected chi connectivity index (χ0v) is 19.2. The van der Waals surface area contributed by atoms with Crippen molar-refractivity contribution in [3.63, 3.8) is 0 Å². The van der Waals surface area contributed by atoms with Gasteiger partial charge in [-0.1, -0.05) is 24.3 Å². The van der Waals surface area contributed by atoms with Crippen LogP contribution in [0.1, 0.15) is 27.7 Å². The van der Waals surface area contributed by atoms with Crippen molar-refractivity contribution < 1.29 is 0 Å². The van der Waals surface area contributed by atoms with E-state index in [9.17, 15) is 0 Å². The lowest BCUT2D eigenvalue weighted by Gasteiger charge is -2.25. The molecule has 2 aromatic carbocycles. The van der Waals surface area contributed by atoms with E-state index in [-0.39, 0.29) is 5.54 Å². The van der Waals surface area contributed by atoms with Crippen molar-refractivity contribution in [1.29, 1.82) is 0 Å². The van der Waals surface area contributed by atoms with Crippen LogP contribution in [0.2, 0.25) is 0 Å². The van der Waals surface area contributed by atoms with Crippen molar-refractivity contribution in [2.24, 2.45) is 0 Å². The number of hydrogen-bond acceptors (Lipinski definition) is 6. The molecule has 0 aliphatic heterocycles. The van der Waals surface area contributed by atoms with Crippen molar-refractivity contribution >= 4 is 22.7 Å². The number of aryl methyl sites for hydroxylation is 1. The van der Waals surface area contributed by atoms with Crippen molar-refractivity contribution in [2.45, 2.75) is 39.8 Å². The number of aromatic nitrogens is 7. The molecule has 166 valence electrons. The minimum Gasteiger partial charge on any atom is -0.324 e. The number of nitrogens with one attached hydrogen (secondary N) is 1. The Morgan fingerprint density at radius 1 is 0.909 bits per heavy atom. The van der Waals surface area contributed by atoms with Gasteiger partial charge in [0.2, 0.25) is 5.95 Å². The summed E-state index contributed by atoms with van der Waals surface area (Å²) < 4.78 is 4.11. The van der Waals surface area contributed by atoms with Crippen LogP contribution in [0.4, 0.5) is 11.6 Å². The van der Waals surface area contributed by atoms with Crippen LogP contribution in [0, 0.1) is 0 Å². The summed E-state index contributed by atoms with van der Waals surface area (Å²) in [5, 5.41) is 7.89. The maximum Gasteiger partial charge on any atom is 0.227 e. The molecule has 3 heterocycles. The van der Waals surface area contributed by atoms with E-state index in [1.165, 1.54) is 0 Å². The topological polar surface area (TPSA) is 86.3 Å². The number of anilines is 2. The lowest BCUT2D eigenvalue weighted by molar-refractivity contribution is 0.413. The Balaban J connectivity index is 1.67. The van der Waals surface area contributed by atoms with Gasteiger partial charge in [-0.05, 0) is 52.0 Å². The van der Waals surface area contributed by atoms with Gasteiger partial charge in [-0.3, -0.25) is 4.68 Å². The molecule has 0 amide bonds. The maximum absolute atomic E-state index is 5.08. The Labute approximate surface area is 192 Å². The monoisotopic (exact) mass is 438 g/mol. The Bertz CT molecular complexity index is 1410. The lowest BCUT2D eigenvalue weighted by Crippen LogP contribution is -2.22. The normalized spacial score (nSPS) is 11.8. The average Bonchev–Trinajstić information content (AvgIpc) is 3.44. The summed E-state index contributed by atoms with van der Waals surface area (Å²) in [7, 11) is 0. The van der Waals surface area contributed by atoms with Gasteiger partial charge in [-0.15, -0.1) is 0 Å². The first-order valence-electron chi connectivity index (χ1n) is 11.0. The zero-order valence-electron chi connectivity index (χ0n) is 19.2. The predicted molar refractivity (Wildman–Crippen MR) is 130 cm³/mol. The number of imidazole rings is 1. The zero-order chi connectivity index (χ0) is 23.0. The van der Waals surface area contributed by atoms with Crippen molar-refractivity contribution in [3.8, 4) is 22.8 Å². The summed E-state index contributed by atoms with van der Waals surface area (Å²) >= 11 is 0. The number of nitrogens with zero attached hydrogens (tertiary/aromatic N) is 7. The molecule has 0 unspecified atom stereocenters. The third-order valence-corrected chi connectivity index (χ3v) is 5.42. The quantitative estimate of drug-likeness (QED) is 0.402. The molecule has 0 spiro atoms. The largest absolute Gasteiger partial charge is 0.324 e. The molecule has 5 rings (SSSR count). The molecule has 3 aromatic heterocycles. The molecule has 0 aliphatic rings. The Hall–Kier alpha value is -4.07. The first-order valence-corrected chi connectivity index (χ1v) is 11.0. The summed E-state index contributed by atoms with van der Waals surface area (Å²) in [5.41, 5.74) is 4.60. The minimum absolute atomic E-state index is 0.190. The van der Waals surface area contributed by atoms with Crippen LogP contribution in [0.3, 0.4) is 0 Å². The van der Waals surface area contributed by atoms with Crippen LogP contribution in [0.25, 0.3) is 33.8 Å². The van der Waals surface area contributed by atoms with Gasteiger partial charge in [0.15, 0.2) is 5.82 Å². The molecule has 1 N–H and O–H groups in total. The molecule has 8 nitrogen and oxygen atoms in total. The Morgan fingerprint density at radius 2 is 1.67 bits per heavy atom. The number of benzene rings is 2. The fraction of sp³-hybridized carbons (Fsp3) is 0.240. The van der Waals surface area contributed by atoms with E-state index in [0.717, 1.165) is 40.2 Å². The van der Waals surface area contributed by atoms with E-state index < -0.39 is 0 Å². The number of hydrogen-bond donors (Lipinski definition) is 1. The van der Waals surface area contributed by atoms with Gasteiger partial charge in [0, 0.05) is 41.3 Å². The molecular weight excluding hydrogens is 412 g/mol. The highest BCUT2D eigenvalue weighted by atomic mass is 15.3. The smallest absolute Gasteiger partial charge is 0.227 e. The van der Waals surface area contributed by atoms with E-state index >= 15 is 0 Å². The van der Waals surface area contributed by atoms with Crippen LogP contribution >= 0.6 is 0 Å². The van der Waals surface area contributed by atoms with Crippen LogP contribution in [0.5, 0.6) is 0 Å². The molecule has 0 saturated heterocycles. The first-order chi connectivity index (χ1) is 15.9. The van der Waals surface area contributed by atoms with Gasteiger partial charge >= 0.3 is 0 Å². The fourth-order valence-corrected chi connectivity index (χ4v) is 3.95. The summed E-state index contributed by atoms with van der Waals surface area (Å²) in [4.78, 5) is 18.1. The van der Waals surface area contributed by atoms with Crippen LogP contribution < -0.4 is 5.32 Å². The number of rotatable bonds is 5. The SMILES string of the molecule is CCn1cnc(-c2ccccc2-c2nc3cc(Nc4ncccn4)ccc3n2C(C)(C)C)n1. The van der Waals surface area contributed by atoms with Gasteiger partial charge in [-0.2, -0.15) is 5.10 Å². The maximum atomic E-state index is 5.08. The van der Waals surface area contributed by atoms with Gasteiger partial charge in [0.1, 0.15) is 12.2 Å². The van der Waals surface area contributed by atoms with Gasteiger partial charge in [0.25, 0.3) is 0 Å². The van der Waals surface area contributed by atoms with E-state index in [2.05, 4.69) is 75.8 Å². The molecule has 0 radical (unpaired) electrons. The third kappa shape index (κ3) is 3.95. The third-order valence-electron chi connectivity index (χ3n) is 5.42. The molecule has 8 heteroatoms. The van der Waals surface area contributed by atoms with E-state index in [4.69, 9.17) is 4.98 Å². The predicted octanol–water partition coefficient (Wildman–Crippen LogP) is 5.27. The summed E-state index contributed by atoms with van der Waals surface area (Å²) in [5.74, 6) is 2.13. The molecule has 0 aliphatic carbocycles. The second kappa shape index (κ2) is 8.12. The second-order valence-corrected chi connectivity index (χ2v) is 8.81. The molecule has 0 atom stereocenters. The van der Waals surface area contributed by atoms with Gasteiger partial charge < -0.3 is 9.88 Å². The highest BCUT2D eigenvalue weighted by molar-refractivity contribution is 5.87. The standard InChI is InChI=1S/C25H26N8/c1-5-32-16-28-22(31-32)18-9-6-7-10-19(18)23-30-20-15-17(29-24-26-13-8-14-27-24)11-12-21(20)33(23)25(2,3)4/h6-16H,5H2,1-4H3,(H,26,27,29). The first kappa shape index (κ1) is 20.8. The average molecular weight is 439 g/mol. The Kier molecular flexibility index (Phi) is 5.12. The van der Waals surface area contributed by atoms with E-state index in [1.807, 2.05) is 28.9 Å². The van der Waals surface area contributed by atoms with Gasteiger partial charge in [0.05, 0.1) is 11.0 Å². The molecule has 0 fully saturated rings. The van der Waals surface area contributed by atoms with Crippen molar-refractivity contribution in [2.75, 3.05) is 5.32 Å². The molecule has 0 bridgehead atoms. The van der Waals surface area contributed by atoms with Gasteiger partial charge in [-0.25, -0.2) is 19.9 Å². The van der Waals surface area contributed by atoms with Crippen LogP contribution in [-0.2, 0) is 12.1 Å². The second-order valence-electron chi connectivity index (χ2n) is 8.81. The highest BCUT2D eigenvalue weighted by Crippen LogP contribution is 2.36.